The molecule has 2 fully saturated rings. The van der Waals surface area contributed by atoms with Gasteiger partial charge in [0.1, 0.15) is 5.82 Å². The van der Waals surface area contributed by atoms with Gasteiger partial charge in [0.25, 0.3) is 0 Å². The van der Waals surface area contributed by atoms with Crippen LogP contribution >= 0.6 is 0 Å². The molecule has 4 rings (SSSR count). The molecule has 142 valence electrons. The Bertz CT molecular complexity index is 812. The fourth-order valence-electron chi connectivity index (χ4n) is 4.23. The zero-order valence-electron chi connectivity index (χ0n) is 15.2. The van der Waals surface area contributed by atoms with Gasteiger partial charge in [-0.15, -0.1) is 0 Å². The normalized spacial score (nSPS) is 23.5. The second-order valence-electron chi connectivity index (χ2n) is 7.55. The van der Waals surface area contributed by atoms with Gasteiger partial charge in [-0.1, -0.05) is 30.3 Å². The van der Waals surface area contributed by atoms with Crippen molar-refractivity contribution in [3.8, 4) is 11.4 Å². The Morgan fingerprint density at radius 2 is 1.74 bits per heavy atom. The number of amides is 1. The molecule has 2 aliphatic rings. The number of aromatic amines is 1. The molecule has 27 heavy (non-hydrogen) atoms. The summed E-state index contributed by atoms with van der Waals surface area (Å²) in [5.74, 6) is 0.722. The smallest absolute Gasteiger partial charge is 0.306 e. The lowest BCUT2D eigenvalue weighted by atomic mass is 9.94. The van der Waals surface area contributed by atoms with Crippen LogP contribution in [-0.2, 0) is 9.59 Å². The van der Waals surface area contributed by atoms with Gasteiger partial charge in [0.05, 0.1) is 5.92 Å². The molecule has 1 aromatic carbocycles. The highest BCUT2D eigenvalue weighted by Crippen LogP contribution is 2.34. The summed E-state index contributed by atoms with van der Waals surface area (Å²) in [6.45, 7) is 1.39. The van der Waals surface area contributed by atoms with Crippen LogP contribution in [0.3, 0.4) is 0 Å². The van der Waals surface area contributed by atoms with Crippen molar-refractivity contribution >= 4 is 11.9 Å². The number of H-pyrrole nitrogens is 1. The molecule has 1 aromatic heterocycles. The summed E-state index contributed by atoms with van der Waals surface area (Å²) in [6.07, 6.45) is 3.49. The Morgan fingerprint density at radius 3 is 2.41 bits per heavy atom. The molecule has 2 aromatic rings. The molecule has 2 N–H and O–H groups in total. The van der Waals surface area contributed by atoms with Crippen molar-refractivity contribution in [2.75, 3.05) is 13.1 Å². The fraction of sp³-hybridized carbons (Fsp3) is 0.500. The quantitative estimate of drug-likeness (QED) is 0.864. The fourth-order valence-corrected chi connectivity index (χ4v) is 4.23. The Balaban J connectivity index is 1.34. The van der Waals surface area contributed by atoms with Crippen LogP contribution in [0, 0.1) is 11.8 Å². The molecule has 1 saturated carbocycles. The van der Waals surface area contributed by atoms with Crippen LogP contribution in [0.2, 0.25) is 0 Å². The third-order valence-electron chi connectivity index (χ3n) is 5.86. The minimum Gasteiger partial charge on any atom is -0.481 e. The number of carbonyl (C=O) groups is 2. The Kier molecular flexibility index (Phi) is 4.92. The summed E-state index contributed by atoms with van der Waals surface area (Å²) in [7, 11) is 0. The highest BCUT2D eigenvalue weighted by atomic mass is 16.4. The maximum Gasteiger partial charge on any atom is 0.306 e. The van der Waals surface area contributed by atoms with Crippen molar-refractivity contribution in [1.29, 1.82) is 0 Å². The van der Waals surface area contributed by atoms with Gasteiger partial charge in [-0.25, -0.2) is 4.98 Å². The molecule has 0 bridgehead atoms. The maximum absolute atomic E-state index is 12.7. The number of aromatic nitrogens is 3. The largest absolute Gasteiger partial charge is 0.481 e. The number of piperidine rings is 1. The van der Waals surface area contributed by atoms with E-state index in [-0.39, 0.29) is 23.7 Å². The van der Waals surface area contributed by atoms with Gasteiger partial charge < -0.3 is 10.0 Å². The summed E-state index contributed by atoms with van der Waals surface area (Å²) in [5, 5.41) is 16.5. The topological polar surface area (TPSA) is 99.2 Å². The monoisotopic (exact) mass is 368 g/mol. The van der Waals surface area contributed by atoms with Gasteiger partial charge in [-0.05, 0) is 32.1 Å². The molecule has 1 aliphatic heterocycles. The molecule has 0 unspecified atom stereocenters. The molecule has 7 nitrogen and oxygen atoms in total. The summed E-state index contributed by atoms with van der Waals surface area (Å²) >= 11 is 0. The maximum atomic E-state index is 12.7. The lowest BCUT2D eigenvalue weighted by Gasteiger charge is -2.32. The van der Waals surface area contributed by atoms with Crippen molar-refractivity contribution in [2.45, 2.75) is 38.0 Å². The van der Waals surface area contributed by atoms with E-state index in [0.717, 1.165) is 24.2 Å². The Morgan fingerprint density at radius 1 is 1.04 bits per heavy atom. The summed E-state index contributed by atoms with van der Waals surface area (Å²) < 4.78 is 0. The van der Waals surface area contributed by atoms with Crippen LogP contribution in [0.5, 0.6) is 0 Å². The van der Waals surface area contributed by atoms with Crippen LogP contribution in [-0.4, -0.2) is 50.2 Å². The number of nitrogens with one attached hydrogen (secondary N) is 1. The number of carbonyl (C=O) groups excluding carboxylic acids is 1. The first kappa shape index (κ1) is 17.7. The number of carboxylic acid groups (broad SMARTS) is 1. The van der Waals surface area contributed by atoms with Gasteiger partial charge in [0.15, 0.2) is 5.82 Å². The van der Waals surface area contributed by atoms with Crippen molar-refractivity contribution < 1.29 is 14.7 Å². The molecule has 2 heterocycles. The van der Waals surface area contributed by atoms with Crippen LogP contribution in [0.15, 0.2) is 30.3 Å². The van der Waals surface area contributed by atoms with E-state index in [1.807, 2.05) is 35.2 Å². The van der Waals surface area contributed by atoms with Crippen molar-refractivity contribution in [3.05, 3.63) is 36.2 Å². The third-order valence-corrected chi connectivity index (χ3v) is 5.86. The highest BCUT2D eigenvalue weighted by molar-refractivity contribution is 5.81. The van der Waals surface area contributed by atoms with Crippen molar-refractivity contribution in [3.63, 3.8) is 0 Å². The number of benzene rings is 1. The van der Waals surface area contributed by atoms with Crippen LogP contribution in [0.1, 0.15) is 43.8 Å². The van der Waals surface area contributed by atoms with E-state index in [2.05, 4.69) is 15.2 Å². The van der Waals surface area contributed by atoms with Gasteiger partial charge in [-0.3, -0.25) is 14.7 Å². The van der Waals surface area contributed by atoms with Crippen LogP contribution in [0.4, 0.5) is 0 Å². The van der Waals surface area contributed by atoms with Gasteiger partial charge >= 0.3 is 5.97 Å². The van der Waals surface area contributed by atoms with E-state index >= 15 is 0 Å². The molecule has 0 radical (unpaired) electrons. The lowest BCUT2D eigenvalue weighted by Crippen LogP contribution is -2.41. The predicted octanol–water partition coefficient (Wildman–Crippen LogP) is 2.68. The van der Waals surface area contributed by atoms with E-state index in [9.17, 15) is 9.59 Å². The number of aliphatic carboxylic acids is 1. The number of nitrogens with zero attached hydrogens (tertiary/aromatic N) is 3. The molecule has 1 aliphatic carbocycles. The van der Waals surface area contributed by atoms with E-state index in [0.29, 0.717) is 38.2 Å². The molecular weight excluding hydrogens is 344 g/mol. The van der Waals surface area contributed by atoms with Crippen molar-refractivity contribution in [1.82, 2.24) is 20.1 Å². The first-order valence-corrected chi connectivity index (χ1v) is 9.61. The first-order valence-electron chi connectivity index (χ1n) is 9.61. The minimum atomic E-state index is -0.774. The van der Waals surface area contributed by atoms with E-state index in [1.165, 1.54) is 0 Å². The molecule has 7 heteroatoms. The second kappa shape index (κ2) is 7.50. The van der Waals surface area contributed by atoms with E-state index < -0.39 is 5.97 Å². The third kappa shape index (κ3) is 3.72. The number of hydrogen-bond donors (Lipinski definition) is 2. The number of likely N-dealkylation sites (tertiary alicyclic amines) is 1. The zero-order chi connectivity index (χ0) is 18.8. The van der Waals surface area contributed by atoms with Crippen molar-refractivity contribution in [2.24, 2.45) is 11.8 Å². The van der Waals surface area contributed by atoms with Crippen LogP contribution < -0.4 is 0 Å². The number of hydrogen-bond acceptors (Lipinski definition) is 4. The number of rotatable bonds is 4. The van der Waals surface area contributed by atoms with E-state index in [1.54, 1.807) is 0 Å². The standard InChI is InChI=1S/C20H24N4O3/c25-19(15-6-7-16(12-15)20(26)27)24-10-8-14(9-11-24)18-21-17(22-23-18)13-4-2-1-3-5-13/h1-5,14-16H,6-12H2,(H,26,27)(H,21,22,23)/t15-,16+/m0/s1. The van der Waals surface area contributed by atoms with E-state index in [4.69, 9.17) is 5.11 Å². The summed E-state index contributed by atoms with van der Waals surface area (Å²) in [6, 6.07) is 9.87. The molecule has 0 spiro atoms. The number of carboxylic acids is 1. The first-order chi connectivity index (χ1) is 13.1. The summed E-state index contributed by atoms with van der Waals surface area (Å²) in [5.41, 5.74) is 0.988. The van der Waals surface area contributed by atoms with Gasteiger partial charge in [-0.2, -0.15) is 5.10 Å². The lowest BCUT2D eigenvalue weighted by molar-refractivity contribution is -0.141. The SMILES string of the molecule is O=C(O)[C@@H]1CC[C@H](C(=O)N2CCC(c3nc(-c4ccccc4)n[nH]3)CC2)C1. The molecular formula is C20H24N4O3. The van der Waals surface area contributed by atoms with Crippen LogP contribution in [0.25, 0.3) is 11.4 Å². The zero-order valence-corrected chi connectivity index (χ0v) is 15.2. The van der Waals surface area contributed by atoms with Gasteiger partial charge in [0.2, 0.25) is 5.91 Å². The molecule has 1 saturated heterocycles. The Hall–Kier alpha value is -2.70. The minimum absolute atomic E-state index is 0.125. The summed E-state index contributed by atoms with van der Waals surface area (Å²) in [4.78, 5) is 30.4. The predicted molar refractivity (Wildman–Crippen MR) is 98.8 cm³/mol. The van der Waals surface area contributed by atoms with Gasteiger partial charge in [0, 0.05) is 30.5 Å². The molecule has 2 atom stereocenters. The Labute approximate surface area is 157 Å². The molecule has 1 amide bonds. The average molecular weight is 368 g/mol. The average Bonchev–Trinajstić information content (AvgIpc) is 3.38. The second-order valence-corrected chi connectivity index (χ2v) is 7.55. The highest BCUT2D eigenvalue weighted by Gasteiger charge is 2.37.